The summed E-state index contributed by atoms with van der Waals surface area (Å²) < 4.78 is 0. The van der Waals surface area contributed by atoms with Crippen molar-refractivity contribution in [3.63, 3.8) is 0 Å². The van der Waals surface area contributed by atoms with Crippen molar-refractivity contribution >= 4 is 29.1 Å². The largest absolute Gasteiger partial charge is 0.508 e. The highest BCUT2D eigenvalue weighted by Crippen LogP contribution is 2.17. The van der Waals surface area contributed by atoms with Crippen molar-refractivity contribution < 1.29 is 15.0 Å². The lowest BCUT2D eigenvalue weighted by molar-refractivity contribution is 0.0911. The summed E-state index contributed by atoms with van der Waals surface area (Å²) >= 11 is 11.7. The first-order chi connectivity index (χ1) is 10.5. The van der Waals surface area contributed by atoms with Gasteiger partial charge in [-0.1, -0.05) is 35.3 Å². The molecule has 1 heterocycles. The van der Waals surface area contributed by atoms with Gasteiger partial charge in [-0.2, -0.15) is 0 Å². The molecule has 0 aliphatic rings. The van der Waals surface area contributed by atoms with Crippen LogP contribution in [0.3, 0.4) is 0 Å². The first-order valence-corrected chi connectivity index (χ1v) is 7.27. The molecule has 2 rings (SSSR count). The summed E-state index contributed by atoms with van der Waals surface area (Å²) in [6, 6.07) is 8.99. The van der Waals surface area contributed by atoms with Crippen molar-refractivity contribution in [3.05, 3.63) is 57.8 Å². The number of amides is 1. The van der Waals surface area contributed by atoms with Gasteiger partial charge in [0.15, 0.2) is 0 Å². The van der Waals surface area contributed by atoms with E-state index < -0.39 is 11.9 Å². The molecule has 22 heavy (non-hydrogen) atoms. The number of aliphatic hydroxyl groups excluding tert-OH is 1. The third-order valence-corrected chi connectivity index (χ3v) is 3.52. The average Bonchev–Trinajstić information content (AvgIpc) is 2.51. The predicted molar refractivity (Wildman–Crippen MR) is 84.4 cm³/mol. The maximum Gasteiger partial charge on any atom is 0.271 e. The number of aliphatic hydroxyl groups is 1. The molecule has 0 unspecified atom stereocenters. The number of hydrogen-bond acceptors (Lipinski definition) is 4. The van der Waals surface area contributed by atoms with Gasteiger partial charge in [0.05, 0.1) is 17.7 Å². The van der Waals surface area contributed by atoms with Crippen LogP contribution in [0.4, 0.5) is 0 Å². The van der Waals surface area contributed by atoms with E-state index in [9.17, 15) is 15.0 Å². The Kier molecular flexibility index (Phi) is 5.60. The van der Waals surface area contributed by atoms with Gasteiger partial charge in [-0.25, -0.2) is 4.98 Å². The van der Waals surface area contributed by atoms with Gasteiger partial charge in [-0.15, -0.1) is 0 Å². The number of hydrogen-bond donors (Lipinski definition) is 3. The summed E-state index contributed by atoms with van der Waals surface area (Å²) in [5.41, 5.74) is 0.876. The average molecular weight is 341 g/mol. The summed E-state index contributed by atoms with van der Waals surface area (Å²) in [4.78, 5) is 16.0. The number of phenols is 1. The fourth-order valence-electron chi connectivity index (χ4n) is 1.91. The second-order valence-electron chi connectivity index (χ2n) is 4.69. The maximum absolute atomic E-state index is 12.2. The van der Waals surface area contributed by atoms with Gasteiger partial charge in [-0.05, 0) is 36.2 Å². The van der Waals surface area contributed by atoms with E-state index in [1.54, 1.807) is 24.3 Å². The van der Waals surface area contributed by atoms with Gasteiger partial charge >= 0.3 is 0 Å². The second kappa shape index (κ2) is 7.45. The van der Waals surface area contributed by atoms with Crippen LogP contribution < -0.4 is 5.32 Å². The van der Waals surface area contributed by atoms with Crippen LogP contribution in [-0.4, -0.2) is 33.8 Å². The minimum atomic E-state index is -0.509. The number of nitrogens with one attached hydrogen (secondary N) is 1. The fraction of sp³-hybridized carbons (Fsp3) is 0.200. The molecule has 0 aliphatic carbocycles. The molecule has 2 aromatic rings. The molecule has 0 saturated heterocycles. The van der Waals surface area contributed by atoms with E-state index in [1.807, 2.05) is 0 Å². The van der Waals surface area contributed by atoms with E-state index in [-0.39, 0.29) is 28.2 Å². The Labute approximate surface area is 137 Å². The standard InChI is InChI=1S/C15H14Cl2N2O3/c16-12-5-6-13(17)19-14(12)15(22)18-10(8-20)7-9-1-3-11(21)4-2-9/h1-6,10,20-21H,7-8H2,(H,18,22)/t10-/m0/s1. The normalized spacial score (nSPS) is 12.0. The van der Waals surface area contributed by atoms with Gasteiger partial charge in [0.2, 0.25) is 0 Å². The van der Waals surface area contributed by atoms with Crippen molar-refractivity contribution in [1.29, 1.82) is 0 Å². The van der Waals surface area contributed by atoms with Gasteiger partial charge < -0.3 is 15.5 Å². The Morgan fingerprint density at radius 3 is 2.50 bits per heavy atom. The number of carbonyl (C=O) groups is 1. The molecule has 1 amide bonds. The molecule has 3 N–H and O–H groups in total. The zero-order chi connectivity index (χ0) is 16.1. The van der Waals surface area contributed by atoms with Crippen LogP contribution in [0, 0.1) is 0 Å². The lowest BCUT2D eigenvalue weighted by atomic mass is 10.1. The molecule has 1 atom stereocenters. The molecule has 0 fully saturated rings. The molecule has 0 radical (unpaired) electrons. The SMILES string of the molecule is O=C(N[C@H](CO)Cc1ccc(O)cc1)c1nc(Cl)ccc1Cl. The Morgan fingerprint density at radius 1 is 1.18 bits per heavy atom. The van der Waals surface area contributed by atoms with Crippen LogP contribution in [0.15, 0.2) is 36.4 Å². The molecule has 1 aromatic carbocycles. The molecular formula is C15H14Cl2N2O3. The van der Waals surface area contributed by atoms with E-state index in [4.69, 9.17) is 23.2 Å². The molecule has 0 spiro atoms. The molecule has 116 valence electrons. The van der Waals surface area contributed by atoms with Gasteiger partial charge in [-0.3, -0.25) is 4.79 Å². The monoisotopic (exact) mass is 340 g/mol. The number of nitrogens with zero attached hydrogens (tertiary/aromatic N) is 1. The highest BCUT2D eigenvalue weighted by Gasteiger charge is 2.17. The van der Waals surface area contributed by atoms with E-state index in [1.165, 1.54) is 12.1 Å². The van der Waals surface area contributed by atoms with Crippen molar-refractivity contribution in [2.45, 2.75) is 12.5 Å². The van der Waals surface area contributed by atoms with Crippen LogP contribution >= 0.6 is 23.2 Å². The molecular weight excluding hydrogens is 327 g/mol. The highest BCUT2D eigenvalue weighted by molar-refractivity contribution is 6.34. The maximum atomic E-state index is 12.2. The topological polar surface area (TPSA) is 82.5 Å². The summed E-state index contributed by atoms with van der Waals surface area (Å²) in [5, 5.41) is 21.7. The third-order valence-electron chi connectivity index (χ3n) is 3.00. The lowest BCUT2D eigenvalue weighted by Crippen LogP contribution is -2.39. The fourth-order valence-corrected chi connectivity index (χ4v) is 2.25. The van der Waals surface area contributed by atoms with E-state index in [2.05, 4.69) is 10.3 Å². The summed E-state index contributed by atoms with van der Waals surface area (Å²) in [7, 11) is 0. The molecule has 7 heteroatoms. The Hall–Kier alpha value is -1.82. The quantitative estimate of drug-likeness (QED) is 0.730. The first kappa shape index (κ1) is 16.5. The number of aromatic nitrogens is 1. The molecule has 5 nitrogen and oxygen atoms in total. The minimum Gasteiger partial charge on any atom is -0.508 e. The molecule has 0 aliphatic heterocycles. The number of aromatic hydroxyl groups is 1. The Balaban J connectivity index is 2.07. The zero-order valence-electron chi connectivity index (χ0n) is 11.5. The van der Waals surface area contributed by atoms with E-state index in [0.717, 1.165) is 5.56 Å². The number of carbonyl (C=O) groups excluding carboxylic acids is 1. The van der Waals surface area contributed by atoms with E-state index in [0.29, 0.717) is 6.42 Å². The smallest absolute Gasteiger partial charge is 0.271 e. The number of phenolic OH excluding ortho intramolecular Hbond substituents is 1. The molecule has 0 saturated carbocycles. The predicted octanol–water partition coefficient (Wildman–Crippen LogP) is 2.43. The molecule has 1 aromatic heterocycles. The Bertz CT molecular complexity index is 662. The van der Waals surface area contributed by atoms with Crippen LogP contribution in [0.2, 0.25) is 10.2 Å². The van der Waals surface area contributed by atoms with Crippen LogP contribution in [0.1, 0.15) is 16.1 Å². The number of pyridine rings is 1. The van der Waals surface area contributed by atoms with Crippen molar-refractivity contribution in [3.8, 4) is 5.75 Å². The van der Waals surface area contributed by atoms with Crippen molar-refractivity contribution in [2.75, 3.05) is 6.61 Å². The van der Waals surface area contributed by atoms with Crippen molar-refractivity contribution in [1.82, 2.24) is 10.3 Å². The summed E-state index contributed by atoms with van der Waals surface area (Å²) in [6.07, 6.45) is 0.403. The van der Waals surface area contributed by atoms with E-state index >= 15 is 0 Å². The lowest BCUT2D eigenvalue weighted by Gasteiger charge is -2.16. The highest BCUT2D eigenvalue weighted by atomic mass is 35.5. The number of halogens is 2. The van der Waals surface area contributed by atoms with Gasteiger partial charge in [0.25, 0.3) is 5.91 Å². The molecule has 0 bridgehead atoms. The minimum absolute atomic E-state index is 0.0123. The van der Waals surface area contributed by atoms with Gasteiger partial charge in [0.1, 0.15) is 16.6 Å². The summed E-state index contributed by atoms with van der Waals surface area (Å²) in [6.45, 7) is -0.245. The first-order valence-electron chi connectivity index (χ1n) is 6.51. The van der Waals surface area contributed by atoms with Crippen LogP contribution in [0.5, 0.6) is 5.75 Å². The van der Waals surface area contributed by atoms with Crippen LogP contribution in [-0.2, 0) is 6.42 Å². The third kappa shape index (κ3) is 4.34. The van der Waals surface area contributed by atoms with Crippen molar-refractivity contribution in [2.24, 2.45) is 0 Å². The van der Waals surface area contributed by atoms with Crippen LogP contribution in [0.25, 0.3) is 0 Å². The van der Waals surface area contributed by atoms with Gasteiger partial charge in [0, 0.05) is 0 Å². The Morgan fingerprint density at radius 2 is 1.86 bits per heavy atom. The summed E-state index contributed by atoms with van der Waals surface area (Å²) in [5.74, 6) is -0.353. The number of benzene rings is 1. The zero-order valence-corrected chi connectivity index (χ0v) is 13.0. The number of rotatable bonds is 5. The second-order valence-corrected chi connectivity index (χ2v) is 5.48.